The van der Waals surface area contributed by atoms with Gasteiger partial charge in [0.15, 0.2) is 0 Å². The van der Waals surface area contributed by atoms with Crippen LogP contribution in [0.5, 0.6) is 0 Å². The number of halogens is 4. The quantitative estimate of drug-likeness (QED) is 0.472. The Morgan fingerprint density at radius 2 is 2.24 bits per heavy atom. The average molecular weight is 359 g/mol. The zero-order valence-corrected chi connectivity index (χ0v) is 11.0. The van der Waals surface area contributed by atoms with Gasteiger partial charge in [-0.05, 0) is 29.5 Å². The molecule has 0 amide bonds. The molecule has 0 aromatic carbocycles. The molecule has 0 N–H and O–H groups in total. The van der Waals surface area contributed by atoms with E-state index in [2.05, 4.69) is 9.72 Å². The van der Waals surface area contributed by atoms with Gasteiger partial charge in [-0.2, -0.15) is 4.39 Å². The minimum atomic E-state index is -2.86. The summed E-state index contributed by atoms with van der Waals surface area (Å²) in [5.41, 5.74) is -0.504. The van der Waals surface area contributed by atoms with Gasteiger partial charge < -0.3 is 4.74 Å². The van der Waals surface area contributed by atoms with Gasteiger partial charge in [0, 0.05) is 17.2 Å². The van der Waals surface area contributed by atoms with Crippen molar-refractivity contribution in [3.05, 3.63) is 26.8 Å². The Bertz CT molecular complexity index is 426. The van der Waals surface area contributed by atoms with Gasteiger partial charge in [-0.3, -0.25) is 4.79 Å². The summed E-state index contributed by atoms with van der Waals surface area (Å²) in [4.78, 5) is 14.6. The maximum absolute atomic E-state index is 12.9. The van der Waals surface area contributed by atoms with E-state index in [-0.39, 0.29) is 22.3 Å². The van der Waals surface area contributed by atoms with E-state index < -0.39 is 23.9 Å². The van der Waals surface area contributed by atoms with Gasteiger partial charge in [-0.1, -0.05) is 0 Å². The lowest BCUT2D eigenvalue weighted by Gasteiger charge is -2.10. The molecule has 1 rings (SSSR count). The molecule has 0 unspecified atom stereocenters. The van der Waals surface area contributed by atoms with Crippen LogP contribution in [0.3, 0.4) is 0 Å². The number of aromatic nitrogens is 1. The first-order chi connectivity index (χ1) is 7.95. The number of rotatable bonds is 4. The molecule has 0 atom stereocenters. The van der Waals surface area contributed by atoms with Crippen molar-refractivity contribution in [1.82, 2.24) is 4.98 Å². The number of carbonyl (C=O) groups is 1. The highest BCUT2D eigenvalue weighted by atomic mass is 127. The summed E-state index contributed by atoms with van der Waals surface area (Å²) in [6.45, 7) is 1.77. The van der Waals surface area contributed by atoms with Gasteiger partial charge in [0.1, 0.15) is 3.70 Å². The second-order valence-corrected chi connectivity index (χ2v) is 4.11. The Balaban J connectivity index is 3.08. The average Bonchev–Trinajstić information content (AvgIpc) is 2.21. The Morgan fingerprint density at radius 1 is 1.59 bits per heavy atom. The van der Waals surface area contributed by atoms with Gasteiger partial charge in [-0.15, -0.1) is 0 Å². The Morgan fingerprint density at radius 3 is 2.76 bits per heavy atom. The molecular weight excluding hydrogens is 350 g/mol. The van der Waals surface area contributed by atoms with Crippen molar-refractivity contribution in [2.45, 2.75) is 19.8 Å². The van der Waals surface area contributed by atoms with Gasteiger partial charge in [-0.25, -0.2) is 13.8 Å². The molecule has 1 heterocycles. The van der Waals surface area contributed by atoms with E-state index in [9.17, 15) is 18.0 Å². The third-order valence-electron chi connectivity index (χ3n) is 1.94. The van der Waals surface area contributed by atoms with Crippen LogP contribution in [-0.4, -0.2) is 17.6 Å². The van der Waals surface area contributed by atoms with Crippen LogP contribution in [-0.2, 0) is 16.0 Å². The van der Waals surface area contributed by atoms with Crippen LogP contribution in [0, 0.1) is 9.65 Å². The topological polar surface area (TPSA) is 39.2 Å². The lowest BCUT2D eigenvalue weighted by molar-refractivity contribution is -0.142. The van der Waals surface area contributed by atoms with E-state index in [1.54, 1.807) is 29.5 Å². The first-order valence-corrected chi connectivity index (χ1v) is 5.82. The lowest BCUT2D eigenvalue weighted by Crippen LogP contribution is -2.12. The van der Waals surface area contributed by atoms with E-state index in [0.717, 1.165) is 0 Å². The Hall–Kier alpha value is -0.860. The van der Waals surface area contributed by atoms with E-state index >= 15 is 0 Å². The van der Waals surface area contributed by atoms with Crippen LogP contribution in [0.1, 0.15) is 24.5 Å². The van der Waals surface area contributed by atoms with Crippen molar-refractivity contribution in [2.24, 2.45) is 0 Å². The van der Waals surface area contributed by atoms with Crippen LogP contribution in [0.25, 0.3) is 0 Å². The first-order valence-electron chi connectivity index (χ1n) is 4.74. The van der Waals surface area contributed by atoms with Crippen LogP contribution < -0.4 is 0 Å². The fraction of sp³-hybridized carbons (Fsp3) is 0.400. The lowest BCUT2D eigenvalue weighted by atomic mass is 10.1. The molecule has 0 bridgehead atoms. The fourth-order valence-corrected chi connectivity index (χ4v) is 1.99. The predicted molar refractivity (Wildman–Crippen MR) is 62.2 cm³/mol. The summed E-state index contributed by atoms with van der Waals surface area (Å²) >= 11 is 1.61. The second-order valence-electron chi connectivity index (χ2n) is 3.09. The van der Waals surface area contributed by atoms with E-state index in [1.807, 2.05) is 0 Å². The van der Waals surface area contributed by atoms with Gasteiger partial charge >= 0.3 is 5.97 Å². The maximum atomic E-state index is 12.9. The predicted octanol–water partition coefficient (Wildman–Crippen LogP) is 2.87. The summed E-state index contributed by atoms with van der Waals surface area (Å²) in [5.74, 6) is -1.63. The minimum Gasteiger partial charge on any atom is -0.466 e. The van der Waals surface area contributed by atoms with Crippen LogP contribution in [0.4, 0.5) is 13.2 Å². The number of alkyl halides is 2. The second kappa shape index (κ2) is 6.18. The van der Waals surface area contributed by atoms with Gasteiger partial charge in [0.05, 0.1) is 13.0 Å². The molecule has 0 saturated carbocycles. The molecule has 0 aliphatic carbocycles. The SMILES string of the molecule is CCOC(=O)Cc1c(C(F)F)cc(F)nc1I. The number of ether oxygens (including phenoxy) is 1. The van der Waals surface area contributed by atoms with Crippen LogP contribution in [0.2, 0.25) is 0 Å². The molecule has 0 fully saturated rings. The zero-order valence-electron chi connectivity index (χ0n) is 8.84. The third-order valence-corrected chi connectivity index (χ3v) is 2.83. The smallest absolute Gasteiger partial charge is 0.310 e. The highest BCUT2D eigenvalue weighted by Gasteiger charge is 2.20. The molecule has 0 aliphatic heterocycles. The van der Waals surface area contributed by atoms with E-state index in [4.69, 9.17) is 0 Å². The normalized spacial score (nSPS) is 10.7. The van der Waals surface area contributed by atoms with Crippen LogP contribution >= 0.6 is 22.6 Å². The summed E-state index contributed by atoms with van der Waals surface area (Å²) < 4.78 is 42.9. The van der Waals surface area contributed by atoms with Crippen molar-refractivity contribution in [1.29, 1.82) is 0 Å². The van der Waals surface area contributed by atoms with Crippen molar-refractivity contribution in [3.8, 4) is 0 Å². The molecule has 0 saturated heterocycles. The molecule has 0 radical (unpaired) electrons. The van der Waals surface area contributed by atoms with Crippen molar-refractivity contribution < 1.29 is 22.7 Å². The molecule has 3 nitrogen and oxygen atoms in total. The minimum absolute atomic E-state index is 0.0143. The van der Waals surface area contributed by atoms with Gasteiger partial charge in [0.25, 0.3) is 6.43 Å². The number of esters is 1. The van der Waals surface area contributed by atoms with Crippen LogP contribution in [0.15, 0.2) is 6.07 Å². The Kier molecular flexibility index (Phi) is 5.16. The summed E-state index contributed by atoms with van der Waals surface area (Å²) in [7, 11) is 0. The fourth-order valence-electron chi connectivity index (χ4n) is 1.25. The molecule has 1 aromatic heterocycles. The van der Waals surface area contributed by atoms with Crippen molar-refractivity contribution in [2.75, 3.05) is 6.61 Å². The summed E-state index contributed by atoms with van der Waals surface area (Å²) in [6, 6.07) is 0.640. The monoisotopic (exact) mass is 359 g/mol. The number of pyridine rings is 1. The molecule has 0 aliphatic rings. The standard InChI is InChI=1S/C10H9F3INO2/c1-2-17-8(16)4-6-5(9(12)13)3-7(11)15-10(6)14/h3,9H,2,4H2,1H3. The summed E-state index contributed by atoms with van der Waals surface area (Å²) in [5, 5.41) is 0. The van der Waals surface area contributed by atoms with Crippen molar-refractivity contribution in [3.63, 3.8) is 0 Å². The van der Waals surface area contributed by atoms with E-state index in [1.165, 1.54) is 0 Å². The highest BCUT2D eigenvalue weighted by molar-refractivity contribution is 14.1. The molecular formula is C10H9F3INO2. The molecule has 7 heteroatoms. The van der Waals surface area contributed by atoms with E-state index in [0.29, 0.717) is 6.07 Å². The summed E-state index contributed by atoms with van der Waals surface area (Å²) in [6.07, 6.45) is -3.19. The molecule has 1 aromatic rings. The number of hydrogen-bond donors (Lipinski definition) is 0. The number of hydrogen-bond acceptors (Lipinski definition) is 3. The largest absolute Gasteiger partial charge is 0.466 e. The van der Waals surface area contributed by atoms with Crippen molar-refractivity contribution >= 4 is 28.6 Å². The zero-order chi connectivity index (χ0) is 13.0. The molecule has 94 valence electrons. The molecule has 17 heavy (non-hydrogen) atoms. The number of carbonyl (C=O) groups excluding carboxylic acids is 1. The third kappa shape index (κ3) is 3.83. The Labute approximate surface area is 110 Å². The van der Waals surface area contributed by atoms with Gasteiger partial charge in [0.2, 0.25) is 5.95 Å². The number of nitrogens with zero attached hydrogens (tertiary/aromatic N) is 1. The highest BCUT2D eigenvalue weighted by Crippen LogP contribution is 2.26. The molecule has 0 spiro atoms. The first kappa shape index (κ1) is 14.2. The maximum Gasteiger partial charge on any atom is 0.310 e.